The molecule has 0 saturated heterocycles. The lowest BCUT2D eigenvalue weighted by atomic mass is 10.1. The van der Waals surface area contributed by atoms with Gasteiger partial charge < -0.3 is 14.8 Å². The van der Waals surface area contributed by atoms with Gasteiger partial charge in [-0.05, 0) is 51.0 Å². The number of esters is 1. The van der Waals surface area contributed by atoms with Crippen molar-refractivity contribution in [2.75, 3.05) is 5.32 Å². The molecule has 5 heteroatoms. The van der Waals surface area contributed by atoms with E-state index in [1.54, 1.807) is 0 Å². The van der Waals surface area contributed by atoms with Crippen LogP contribution in [0.15, 0.2) is 28.9 Å². The van der Waals surface area contributed by atoms with E-state index < -0.39 is 12.3 Å². The van der Waals surface area contributed by atoms with Crippen LogP contribution in [0.1, 0.15) is 25.0 Å². The molecule has 0 aliphatic carbocycles. The third-order valence-electron chi connectivity index (χ3n) is 3.05. The highest BCUT2D eigenvalue weighted by Crippen LogP contribution is 2.29. The lowest BCUT2D eigenvalue weighted by Crippen LogP contribution is -2.23. The molecule has 0 bridgehead atoms. The van der Waals surface area contributed by atoms with E-state index in [1.807, 2.05) is 45.9 Å². The van der Waals surface area contributed by atoms with Crippen LogP contribution in [-0.2, 0) is 14.3 Å². The zero-order valence-corrected chi connectivity index (χ0v) is 12.7. The van der Waals surface area contributed by atoms with Crippen LogP contribution in [0, 0.1) is 13.8 Å². The van der Waals surface area contributed by atoms with Crippen molar-refractivity contribution in [3.63, 3.8) is 0 Å². The zero-order chi connectivity index (χ0) is 14.9. The number of aryl methyl sites for hydroxylation is 2. The minimum absolute atomic E-state index is 0.0360. The summed E-state index contributed by atoms with van der Waals surface area (Å²) in [4.78, 5) is 11.6. The first-order valence-electron chi connectivity index (χ1n) is 6.49. The van der Waals surface area contributed by atoms with E-state index in [1.165, 1.54) is 5.56 Å². The second kappa shape index (κ2) is 5.85. The summed E-state index contributed by atoms with van der Waals surface area (Å²) in [5, 5.41) is 3.16. The smallest absolute Gasteiger partial charge is 0.354 e. The lowest BCUT2D eigenvalue weighted by Gasteiger charge is -2.18. The number of anilines is 1. The summed E-state index contributed by atoms with van der Waals surface area (Å²) in [6.07, 6.45) is -0.858. The molecule has 0 amide bonds. The van der Waals surface area contributed by atoms with Gasteiger partial charge in [-0.15, -0.1) is 0 Å². The van der Waals surface area contributed by atoms with E-state index in [2.05, 4.69) is 5.32 Å². The second-order valence-corrected chi connectivity index (χ2v) is 5.45. The van der Waals surface area contributed by atoms with Gasteiger partial charge in [0.15, 0.2) is 5.03 Å². The molecule has 1 unspecified atom stereocenters. The Kier molecular flexibility index (Phi) is 4.35. The average Bonchev–Trinajstić information content (AvgIpc) is 2.61. The number of benzene rings is 1. The number of hydrogen-bond donors (Lipinski definition) is 1. The third-order valence-corrected chi connectivity index (χ3v) is 3.41. The number of hydrogen-bond acceptors (Lipinski definition) is 4. The van der Waals surface area contributed by atoms with Crippen LogP contribution in [-0.4, -0.2) is 18.4 Å². The average molecular weight is 296 g/mol. The fourth-order valence-electron chi connectivity index (χ4n) is 1.85. The highest BCUT2D eigenvalue weighted by atomic mass is 35.5. The molecule has 1 aromatic carbocycles. The Bertz CT molecular complexity index is 566. The van der Waals surface area contributed by atoms with Gasteiger partial charge in [-0.1, -0.05) is 17.7 Å². The molecule has 1 aromatic rings. The van der Waals surface area contributed by atoms with Crippen LogP contribution in [0.4, 0.5) is 5.69 Å². The summed E-state index contributed by atoms with van der Waals surface area (Å²) in [5.74, 6) is -0.566. The third kappa shape index (κ3) is 3.14. The molecule has 1 heterocycles. The number of nitrogens with one attached hydrogen (secondary N) is 1. The van der Waals surface area contributed by atoms with Crippen molar-refractivity contribution >= 4 is 23.3 Å². The van der Waals surface area contributed by atoms with Gasteiger partial charge in [0, 0.05) is 5.69 Å². The second-order valence-electron chi connectivity index (χ2n) is 5.07. The summed E-state index contributed by atoms with van der Waals surface area (Å²) in [6, 6.07) is 5.92. The molecule has 108 valence electrons. The van der Waals surface area contributed by atoms with E-state index in [-0.39, 0.29) is 11.1 Å². The highest BCUT2D eigenvalue weighted by Gasteiger charge is 2.34. The van der Waals surface area contributed by atoms with Crippen molar-refractivity contribution < 1.29 is 14.3 Å². The molecule has 0 radical (unpaired) electrons. The van der Waals surface area contributed by atoms with Crippen LogP contribution in [0.2, 0.25) is 0 Å². The largest absolute Gasteiger partial charge is 0.425 e. The van der Waals surface area contributed by atoms with E-state index >= 15 is 0 Å². The first kappa shape index (κ1) is 14.9. The number of carbonyl (C=O) groups is 1. The quantitative estimate of drug-likeness (QED) is 0.864. The van der Waals surface area contributed by atoms with Crippen molar-refractivity contribution in [3.8, 4) is 0 Å². The summed E-state index contributed by atoms with van der Waals surface area (Å²) in [7, 11) is 0. The standard InChI is InChI=1S/C15H18ClNO3/c1-8(2)19-15-13(12(16)14(18)20-15)17-11-6-5-9(3)10(4)7-11/h5-8,15,17H,1-4H3. The van der Waals surface area contributed by atoms with Gasteiger partial charge in [0.25, 0.3) is 0 Å². The molecule has 1 N–H and O–H groups in total. The molecule has 1 atom stereocenters. The van der Waals surface area contributed by atoms with Crippen molar-refractivity contribution in [2.45, 2.75) is 40.1 Å². The molecule has 1 aliphatic heterocycles. The number of halogens is 1. The summed E-state index contributed by atoms with van der Waals surface area (Å²) < 4.78 is 10.6. The molecular formula is C15H18ClNO3. The van der Waals surface area contributed by atoms with Crippen LogP contribution in [0.3, 0.4) is 0 Å². The topological polar surface area (TPSA) is 47.6 Å². The van der Waals surface area contributed by atoms with Gasteiger partial charge in [0.05, 0.1) is 6.10 Å². The normalized spacial score (nSPS) is 18.7. The van der Waals surface area contributed by atoms with Crippen LogP contribution in [0.5, 0.6) is 0 Å². The van der Waals surface area contributed by atoms with E-state index in [0.29, 0.717) is 5.70 Å². The maximum absolute atomic E-state index is 11.6. The fourth-order valence-corrected chi connectivity index (χ4v) is 2.03. The summed E-state index contributed by atoms with van der Waals surface area (Å²) >= 11 is 5.99. The Morgan fingerprint density at radius 2 is 2.00 bits per heavy atom. The van der Waals surface area contributed by atoms with Crippen molar-refractivity contribution in [2.24, 2.45) is 0 Å². The van der Waals surface area contributed by atoms with E-state index in [9.17, 15) is 4.79 Å². The molecule has 1 aliphatic rings. The predicted molar refractivity (Wildman–Crippen MR) is 78.5 cm³/mol. The number of carbonyl (C=O) groups excluding carboxylic acids is 1. The molecule has 4 nitrogen and oxygen atoms in total. The Morgan fingerprint density at radius 1 is 1.30 bits per heavy atom. The molecule has 0 spiro atoms. The Morgan fingerprint density at radius 3 is 2.60 bits per heavy atom. The Hall–Kier alpha value is -1.52. The molecule has 0 aromatic heterocycles. The zero-order valence-electron chi connectivity index (χ0n) is 12.0. The van der Waals surface area contributed by atoms with E-state index in [0.717, 1.165) is 11.3 Å². The molecular weight excluding hydrogens is 278 g/mol. The van der Waals surface area contributed by atoms with Crippen molar-refractivity contribution in [1.29, 1.82) is 0 Å². The number of cyclic esters (lactones) is 1. The number of rotatable bonds is 4. The highest BCUT2D eigenvalue weighted by molar-refractivity contribution is 6.42. The van der Waals surface area contributed by atoms with Crippen molar-refractivity contribution in [1.82, 2.24) is 0 Å². The minimum atomic E-state index is -0.781. The summed E-state index contributed by atoms with van der Waals surface area (Å²) in [5.41, 5.74) is 3.65. The van der Waals surface area contributed by atoms with Gasteiger partial charge in [-0.25, -0.2) is 4.79 Å². The first-order chi connectivity index (χ1) is 9.38. The summed E-state index contributed by atoms with van der Waals surface area (Å²) in [6.45, 7) is 7.80. The minimum Gasteiger partial charge on any atom is -0.425 e. The molecule has 2 rings (SSSR count). The molecule has 0 fully saturated rings. The van der Waals surface area contributed by atoms with Gasteiger partial charge in [0.1, 0.15) is 5.70 Å². The monoisotopic (exact) mass is 295 g/mol. The van der Waals surface area contributed by atoms with Gasteiger partial charge >= 0.3 is 5.97 Å². The number of ether oxygens (including phenoxy) is 2. The SMILES string of the molecule is Cc1ccc(NC2=C(Cl)C(=O)OC2OC(C)C)cc1C. The van der Waals surface area contributed by atoms with Gasteiger partial charge in [0.2, 0.25) is 6.29 Å². The maximum Gasteiger partial charge on any atom is 0.354 e. The predicted octanol–water partition coefficient (Wildman–Crippen LogP) is 3.47. The fraction of sp³-hybridized carbons (Fsp3) is 0.400. The lowest BCUT2D eigenvalue weighted by molar-refractivity contribution is -0.165. The molecule has 20 heavy (non-hydrogen) atoms. The maximum atomic E-state index is 11.6. The Labute approximate surface area is 123 Å². The van der Waals surface area contributed by atoms with E-state index in [4.69, 9.17) is 21.1 Å². The van der Waals surface area contributed by atoms with Crippen LogP contribution in [0.25, 0.3) is 0 Å². The first-order valence-corrected chi connectivity index (χ1v) is 6.86. The Balaban J connectivity index is 2.24. The van der Waals surface area contributed by atoms with Crippen molar-refractivity contribution in [3.05, 3.63) is 40.1 Å². The van der Waals surface area contributed by atoms with Crippen LogP contribution < -0.4 is 5.32 Å². The van der Waals surface area contributed by atoms with Crippen LogP contribution >= 0.6 is 11.6 Å². The van der Waals surface area contributed by atoms with Gasteiger partial charge in [-0.3, -0.25) is 0 Å². The van der Waals surface area contributed by atoms with Gasteiger partial charge in [-0.2, -0.15) is 0 Å². The molecule has 0 saturated carbocycles.